The fourth-order valence-electron chi connectivity index (χ4n) is 3.11. The summed E-state index contributed by atoms with van der Waals surface area (Å²) in [6.07, 6.45) is 3.74. The predicted molar refractivity (Wildman–Crippen MR) is 89.6 cm³/mol. The number of para-hydroxylation sites is 2. The van der Waals surface area contributed by atoms with Crippen molar-refractivity contribution in [2.24, 2.45) is 11.8 Å². The number of esters is 2. The van der Waals surface area contributed by atoms with E-state index in [0.29, 0.717) is 11.5 Å². The lowest BCUT2D eigenvalue weighted by molar-refractivity contribution is -0.153. The summed E-state index contributed by atoms with van der Waals surface area (Å²) < 4.78 is 10.8. The second kappa shape index (κ2) is 7.77. The average Bonchev–Trinajstić information content (AvgIpc) is 3.11. The molecule has 1 fully saturated rings. The molecule has 4 nitrogen and oxygen atoms in total. The SMILES string of the molecule is O=C(Oc1ccccc1)C(C(=O)Oc1ccccc1)C1CCCC1. The Morgan fingerprint density at radius 3 is 1.58 bits per heavy atom. The normalized spacial score (nSPS) is 14.5. The maximum absolute atomic E-state index is 12.6. The zero-order valence-corrected chi connectivity index (χ0v) is 13.4. The molecule has 1 saturated carbocycles. The monoisotopic (exact) mass is 324 g/mol. The molecule has 0 radical (unpaired) electrons. The smallest absolute Gasteiger partial charge is 0.326 e. The molecule has 0 aromatic heterocycles. The van der Waals surface area contributed by atoms with E-state index in [2.05, 4.69) is 0 Å². The average molecular weight is 324 g/mol. The lowest BCUT2D eigenvalue weighted by Crippen LogP contribution is -2.36. The van der Waals surface area contributed by atoms with Crippen molar-refractivity contribution in [1.82, 2.24) is 0 Å². The van der Waals surface area contributed by atoms with Crippen molar-refractivity contribution >= 4 is 11.9 Å². The Balaban J connectivity index is 1.75. The van der Waals surface area contributed by atoms with Gasteiger partial charge in [0.1, 0.15) is 11.5 Å². The van der Waals surface area contributed by atoms with Gasteiger partial charge in [0.15, 0.2) is 5.92 Å². The molecule has 2 aromatic rings. The number of hydrogen-bond donors (Lipinski definition) is 0. The summed E-state index contributed by atoms with van der Waals surface area (Å²) in [4.78, 5) is 25.2. The number of carbonyl (C=O) groups excluding carboxylic acids is 2. The molecule has 3 rings (SSSR count). The van der Waals surface area contributed by atoms with E-state index in [9.17, 15) is 9.59 Å². The third kappa shape index (κ3) is 4.02. The number of rotatable bonds is 5. The molecule has 0 aliphatic heterocycles. The highest BCUT2D eigenvalue weighted by molar-refractivity contribution is 5.97. The van der Waals surface area contributed by atoms with E-state index in [0.717, 1.165) is 25.7 Å². The second-order valence-corrected chi connectivity index (χ2v) is 5.99. The first kappa shape index (κ1) is 16.2. The van der Waals surface area contributed by atoms with Gasteiger partial charge in [0.05, 0.1) is 0 Å². The molecule has 0 saturated heterocycles. The summed E-state index contributed by atoms with van der Waals surface area (Å²) in [7, 11) is 0. The van der Waals surface area contributed by atoms with Crippen molar-refractivity contribution in [3.63, 3.8) is 0 Å². The van der Waals surface area contributed by atoms with Crippen LogP contribution in [0.2, 0.25) is 0 Å². The van der Waals surface area contributed by atoms with Gasteiger partial charge in [-0.1, -0.05) is 49.2 Å². The van der Waals surface area contributed by atoms with Gasteiger partial charge in [-0.2, -0.15) is 0 Å². The summed E-state index contributed by atoms with van der Waals surface area (Å²) in [5, 5.41) is 0. The van der Waals surface area contributed by atoms with Crippen LogP contribution in [0.4, 0.5) is 0 Å². The maximum Gasteiger partial charge on any atom is 0.326 e. The molecule has 0 bridgehead atoms. The van der Waals surface area contributed by atoms with Crippen LogP contribution in [0.15, 0.2) is 60.7 Å². The second-order valence-electron chi connectivity index (χ2n) is 5.99. The Morgan fingerprint density at radius 1 is 0.750 bits per heavy atom. The van der Waals surface area contributed by atoms with E-state index in [1.165, 1.54) is 0 Å². The lowest BCUT2D eigenvalue weighted by Gasteiger charge is -2.20. The first-order valence-electron chi connectivity index (χ1n) is 8.27. The van der Waals surface area contributed by atoms with Gasteiger partial charge in [0, 0.05) is 0 Å². The highest BCUT2D eigenvalue weighted by Gasteiger charge is 2.39. The highest BCUT2D eigenvalue weighted by atomic mass is 16.6. The van der Waals surface area contributed by atoms with E-state index in [4.69, 9.17) is 9.47 Å². The minimum absolute atomic E-state index is 0.0163. The van der Waals surface area contributed by atoms with Gasteiger partial charge in [-0.3, -0.25) is 9.59 Å². The molecule has 0 atom stereocenters. The molecule has 24 heavy (non-hydrogen) atoms. The van der Waals surface area contributed by atoms with Gasteiger partial charge in [-0.05, 0) is 43.0 Å². The Morgan fingerprint density at radius 2 is 1.17 bits per heavy atom. The van der Waals surface area contributed by atoms with Crippen molar-refractivity contribution in [3.8, 4) is 11.5 Å². The molecule has 1 aliphatic carbocycles. The fraction of sp³-hybridized carbons (Fsp3) is 0.300. The van der Waals surface area contributed by atoms with E-state index in [-0.39, 0.29) is 5.92 Å². The zero-order valence-electron chi connectivity index (χ0n) is 13.4. The van der Waals surface area contributed by atoms with Gasteiger partial charge in [-0.15, -0.1) is 0 Å². The molecule has 0 heterocycles. The van der Waals surface area contributed by atoms with Crippen LogP contribution in [0.25, 0.3) is 0 Å². The van der Waals surface area contributed by atoms with E-state index in [1.807, 2.05) is 12.1 Å². The van der Waals surface area contributed by atoms with Crippen molar-refractivity contribution in [2.45, 2.75) is 25.7 Å². The molecule has 124 valence electrons. The van der Waals surface area contributed by atoms with Gasteiger partial charge in [0.25, 0.3) is 0 Å². The largest absolute Gasteiger partial charge is 0.426 e. The van der Waals surface area contributed by atoms with Crippen LogP contribution < -0.4 is 9.47 Å². The molecule has 0 spiro atoms. The van der Waals surface area contributed by atoms with E-state index < -0.39 is 17.9 Å². The number of hydrogen-bond acceptors (Lipinski definition) is 4. The van der Waals surface area contributed by atoms with Crippen molar-refractivity contribution in [1.29, 1.82) is 0 Å². The molecule has 0 unspecified atom stereocenters. The Labute approximate surface area is 141 Å². The van der Waals surface area contributed by atoms with Crippen LogP contribution in [-0.2, 0) is 9.59 Å². The van der Waals surface area contributed by atoms with Gasteiger partial charge >= 0.3 is 11.9 Å². The van der Waals surface area contributed by atoms with Gasteiger partial charge in [0.2, 0.25) is 0 Å². The molecule has 4 heteroatoms. The van der Waals surface area contributed by atoms with Crippen molar-refractivity contribution in [3.05, 3.63) is 60.7 Å². The van der Waals surface area contributed by atoms with Gasteiger partial charge < -0.3 is 9.47 Å². The Kier molecular flexibility index (Phi) is 5.26. The lowest BCUT2D eigenvalue weighted by atomic mass is 9.91. The maximum atomic E-state index is 12.6. The zero-order chi connectivity index (χ0) is 16.8. The minimum Gasteiger partial charge on any atom is -0.426 e. The fourth-order valence-corrected chi connectivity index (χ4v) is 3.11. The molecular formula is C20H20O4. The van der Waals surface area contributed by atoms with Crippen LogP contribution in [0.1, 0.15) is 25.7 Å². The van der Waals surface area contributed by atoms with Crippen LogP contribution in [0.3, 0.4) is 0 Å². The van der Waals surface area contributed by atoms with Gasteiger partial charge in [-0.25, -0.2) is 0 Å². The molecule has 1 aliphatic rings. The molecule has 0 N–H and O–H groups in total. The summed E-state index contributed by atoms with van der Waals surface area (Å²) in [5.41, 5.74) is 0. The minimum atomic E-state index is -0.882. The van der Waals surface area contributed by atoms with E-state index in [1.54, 1.807) is 48.5 Å². The summed E-state index contributed by atoms with van der Waals surface area (Å²) in [6.45, 7) is 0. The third-order valence-corrected chi connectivity index (χ3v) is 4.30. The Bertz CT molecular complexity index is 622. The van der Waals surface area contributed by atoms with Crippen LogP contribution in [0, 0.1) is 11.8 Å². The van der Waals surface area contributed by atoms with Crippen molar-refractivity contribution in [2.75, 3.05) is 0 Å². The quantitative estimate of drug-likeness (QED) is 0.474. The van der Waals surface area contributed by atoms with Crippen LogP contribution >= 0.6 is 0 Å². The molecular weight excluding hydrogens is 304 g/mol. The number of benzene rings is 2. The third-order valence-electron chi connectivity index (χ3n) is 4.30. The first-order chi connectivity index (χ1) is 11.7. The summed E-state index contributed by atoms with van der Waals surface area (Å²) in [6, 6.07) is 17.6. The van der Waals surface area contributed by atoms with Crippen LogP contribution in [0.5, 0.6) is 11.5 Å². The predicted octanol–water partition coefficient (Wildman–Crippen LogP) is 4.00. The standard InChI is InChI=1S/C20H20O4/c21-19(23-16-11-3-1-4-12-16)18(15-9-7-8-10-15)20(22)24-17-13-5-2-6-14-17/h1-6,11-15,18H,7-10H2. The highest BCUT2D eigenvalue weighted by Crippen LogP contribution is 2.33. The first-order valence-corrected chi connectivity index (χ1v) is 8.27. The Hall–Kier alpha value is -2.62. The topological polar surface area (TPSA) is 52.6 Å². The summed E-state index contributed by atoms with van der Waals surface area (Å²) >= 11 is 0. The van der Waals surface area contributed by atoms with E-state index >= 15 is 0 Å². The van der Waals surface area contributed by atoms with Crippen LogP contribution in [-0.4, -0.2) is 11.9 Å². The molecule has 0 amide bonds. The molecule has 2 aromatic carbocycles. The number of ether oxygens (including phenoxy) is 2. The van der Waals surface area contributed by atoms with Crippen molar-refractivity contribution < 1.29 is 19.1 Å². The summed E-state index contributed by atoms with van der Waals surface area (Å²) in [5.74, 6) is -1.08. The number of carbonyl (C=O) groups is 2.